The monoisotopic (exact) mass is 126 g/mol. The number of rotatable bonds is 0. The molecule has 1 aromatic rings. The summed E-state index contributed by atoms with van der Waals surface area (Å²) in [5.74, 6) is -0.454. The summed E-state index contributed by atoms with van der Waals surface area (Å²) in [7, 11) is 0. The second-order valence-electron chi connectivity index (χ2n) is 1.88. The van der Waals surface area contributed by atoms with Crippen LogP contribution in [-0.2, 0) is 0 Å². The fourth-order valence-electron chi connectivity index (χ4n) is 0.580. The lowest BCUT2D eigenvalue weighted by atomic mass is 10.3. The Hall–Kier alpha value is -1.12. The SMILES string of the molecule is Cc1cc(N)cnc1F. The molecule has 0 aromatic carbocycles. The average molecular weight is 126 g/mol. The molecule has 2 N–H and O–H groups in total. The Morgan fingerprint density at radius 1 is 1.67 bits per heavy atom. The number of nitrogen functional groups attached to an aromatic ring is 1. The second-order valence-corrected chi connectivity index (χ2v) is 1.88. The van der Waals surface area contributed by atoms with Gasteiger partial charge in [0.25, 0.3) is 0 Å². The third-order valence-electron chi connectivity index (χ3n) is 1.04. The Morgan fingerprint density at radius 3 is 2.78 bits per heavy atom. The Kier molecular flexibility index (Phi) is 1.34. The number of aromatic nitrogens is 1. The van der Waals surface area contributed by atoms with Gasteiger partial charge in [-0.05, 0) is 13.0 Å². The van der Waals surface area contributed by atoms with Crippen molar-refractivity contribution in [1.82, 2.24) is 4.98 Å². The molecule has 9 heavy (non-hydrogen) atoms. The quantitative estimate of drug-likeness (QED) is 0.529. The highest BCUT2D eigenvalue weighted by atomic mass is 19.1. The smallest absolute Gasteiger partial charge is 0.215 e. The Bertz CT molecular complexity index is 222. The lowest BCUT2D eigenvalue weighted by Gasteiger charge is -1.94. The molecule has 0 radical (unpaired) electrons. The van der Waals surface area contributed by atoms with Gasteiger partial charge in [0.15, 0.2) is 0 Å². The fraction of sp³-hybridized carbons (Fsp3) is 0.167. The standard InChI is InChI=1S/C6H7FN2/c1-4-2-5(8)3-9-6(4)7/h2-3H,8H2,1H3. The molecule has 0 atom stereocenters. The molecule has 1 rings (SSSR count). The average Bonchev–Trinajstić information content (AvgIpc) is 1.80. The van der Waals surface area contributed by atoms with Crippen molar-refractivity contribution in [2.24, 2.45) is 0 Å². The lowest BCUT2D eigenvalue weighted by molar-refractivity contribution is 0.575. The first-order valence-corrected chi connectivity index (χ1v) is 2.58. The third-order valence-corrected chi connectivity index (χ3v) is 1.04. The van der Waals surface area contributed by atoms with Crippen molar-refractivity contribution >= 4 is 5.69 Å². The predicted molar refractivity (Wildman–Crippen MR) is 33.3 cm³/mol. The van der Waals surface area contributed by atoms with Gasteiger partial charge in [-0.3, -0.25) is 0 Å². The summed E-state index contributed by atoms with van der Waals surface area (Å²) in [4.78, 5) is 3.39. The number of anilines is 1. The normalized spacial score (nSPS) is 9.56. The zero-order chi connectivity index (χ0) is 6.85. The number of halogens is 1. The van der Waals surface area contributed by atoms with Crippen LogP contribution in [0.4, 0.5) is 10.1 Å². The molecule has 0 spiro atoms. The summed E-state index contributed by atoms with van der Waals surface area (Å²) in [5.41, 5.74) is 6.27. The zero-order valence-corrected chi connectivity index (χ0v) is 5.06. The molecule has 1 heterocycles. The fourth-order valence-corrected chi connectivity index (χ4v) is 0.580. The topological polar surface area (TPSA) is 38.9 Å². The van der Waals surface area contributed by atoms with Gasteiger partial charge in [-0.1, -0.05) is 0 Å². The summed E-state index contributed by atoms with van der Waals surface area (Å²) in [6.07, 6.45) is 1.29. The van der Waals surface area contributed by atoms with Gasteiger partial charge in [-0.2, -0.15) is 4.39 Å². The molecule has 3 heteroatoms. The van der Waals surface area contributed by atoms with Crippen molar-refractivity contribution < 1.29 is 4.39 Å². The minimum absolute atomic E-state index is 0.454. The molecular weight excluding hydrogens is 119 g/mol. The lowest BCUT2D eigenvalue weighted by Crippen LogP contribution is -1.91. The maximum atomic E-state index is 12.3. The van der Waals surface area contributed by atoms with Crippen LogP contribution >= 0.6 is 0 Å². The summed E-state index contributed by atoms with van der Waals surface area (Å²) in [5, 5.41) is 0. The molecule has 0 amide bonds. The molecular formula is C6H7FN2. The molecule has 0 aliphatic carbocycles. The first kappa shape index (κ1) is 6.01. The molecule has 0 fully saturated rings. The maximum Gasteiger partial charge on any atom is 0.215 e. The van der Waals surface area contributed by atoms with E-state index in [0.717, 1.165) is 0 Å². The molecule has 0 saturated heterocycles. The molecule has 0 aliphatic rings. The van der Waals surface area contributed by atoms with Crippen molar-refractivity contribution in [3.8, 4) is 0 Å². The maximum absolute atomic E-state index is 12.3. The minimum atomic E-state index is -0.454. The van der Waals surface area contributed by atoms with Gasteiger partial charge in [-0.15, -0.1) is 0 Å². The second kappa shape index (κ2) is 2.01. The van der Waals surface area contributed by atoms with E-state index in [1.165, 1.54) is 6.20 Å². The van der Waals surface area contributed by atoms with Crippen LogP contribution in [0.1, 0.15) is 5.56 Å². The van der Waals surface area contributed by atoms with E-state index in [1.807, 2.05) is 0 Å². The number of pyridine rings is 1. The molecule has 2 nitrogen and oxygen atoms in total. The number of nitrogens with zero attached hydrogens (tertiary/aromatic N) is 1. The minimum Gasteiger partial charge on any atom is -0.397 e. The van der Waals surface area contributed by atoms with Gasteiger partial charge in [0.05, 0.1) is 11.9 Å². The van der Waals surface area contributed by atoms with Crippen LogP contribution in [0, 0.1) is 12.9 Å². The molecule has 0 unspecified atom stereocenters. The van der Waals surface area contributed by atoms with Crippen LogP contribution in [0.15, 0.2) is 12.3 Å². The van der Waals surface area contributed by atoms with Gasteiger partial charge < -0.3 is 5.73 Å². The van der Waals surface area contributed by atoms with Gasteiger partial charge in [-0.25, -0.2) is 4.98 Å². The Balaban J connectivity index is 3.17. The van der Waals surface area contributed by atoms with E-state index in [9.17, 15) is 4.39 Å². The molecule has 1 aromatic heterocycles. The van der Waals surface area contributed by atoms with Crippen LogP contribution in [0.25, 0.3) is 0 Å². The van der Waals surface area contributed by atoms with Gasteiger partial charge in [0.2, 0.25) is 5.95 Å². The van der Waals surface area contributed by atoms with Crippen LogP contribution in [0.5, 0.6) is 0 Å². The van der Waals surface area contributed by atoms with Crippen molar-refractivity contribution in [3.05, 3.63) is 23.8 Å². The number of aryl methyl sites for hydroxylation is 1. The molecule has 0 saturated carbocycles. The molecule has 0 bridgehead atoms. The number of nitrogens with two attached hydrogens (primary N) is 1. The first-order valence-electron chi connectivity index (χ1n) is 2.58. The number of hydrogen-bond acceptors (Lipinski definition) is 2. The van der Waals surface area contributed by atoms with Crippen molar-refractivity contribution in [2.45, 2.75) is 6.92 Å². The van der Waals surface area contributed by atoms with E-state index in [2.05, 4.69) is 4.98 Å². The first-order chi connectivity index (χ1) is 4.20. The molecule has 0 aliphatic heterocycles. The summed E-state index contributed by atoms with van der Waals surface area (Å²) in [6, 6.07) is 1.54. The van der Waals surface area contributed by atoms with E-state index in [0.29, 0.717) is 11.3 Å². The van der Waals surface area contributed by atoms with Crippen molar-refractivity contribution in [2.75, 3.05) is 5.73 Å². The summed E-state index contributed by atoms with van der Waals surface area (Å²) in [6.45, 7) is 1.62. The van der Waals surface area contributed by atoms with E-state index >= 15 is 0 Å². The van der Waals surface area contributed by atoms with Crippen molar-refractivity contribution in [1.29, 1.82) is 0 Å². The van der Waals surface area contributed by atoms with Crippen LogP contribution in [0.2, 0.25) is 0 Å². The molecule has 48 valence electrons. The Labute approximate surface area is 52.5 Å². The van der Waals surface area contributed by atoms with Crippen LogP contribution in [0.3, 0.4) is 0 Å². The van der Waals surface area contributed by atoms with Gasteiger partial charge in [0, 0.05) is 5.56 Å². The van der Waals surface area contributed by atoms with E-state index in [1.54, 1.807) is 13.0 Å². The largest absolute Gasteiger partial charge is 0.397 e. The van der Waals surface area contributed by atoms with Gasteiger partial charge in [0.1, 0.15) is 0 Å². The highest BCUT2D eigenvalue weighted by molar-refractivity contribution is 5.36. The predicted octanol–water partition coefficient (Wildman–Crippen LogP) is 1.11. The van der Waals surface area contributed by atoms with E-state index in [-0.39, 0.29) is 0 Å². The van der Waals surface area contributed by atoms with Crippen LogP contribution < -0.4 is 5.73 Å². The van der Waals surface area contributed by atoms with Crippen LogP contribution in [-0.4, -0.2) is 4.98 Å². The zero-order valence-electron chi connectivity index (χ0n) is 5.06. The van der Waals surface area contributed by atoms with Gasteiger partial charge >= 0.3 is 0 Å². The highest BCUT2D eigenvalue weighted by Gasteiger charge is 1.95. The van der Waals surface area contributed by atoms with Crippen molar-refractivity contribution in [3.63, 3.8) is 0 Å². The highest BCUT2D eigenvalue weighted by Crippen LogP contribution is 2.05. The Morgan fingerprint density at radius 2 is 2.33 bits per heavy atom. The summed E-state index contributed by atoms with van der Waals surface area (Å²) >= 11 is 0. The third kappa shape index (κ3) is 1.16. The van der Waals surface area contributed by atoms with E-state index in [4.69, 9.17) is 5.73 Å². The summed E-state index contributed by atoms with van der Waals surface area (Å²) < 4.78 is 12.3. The number of hydrogen-bond donors (Lipinski definition) is 1. The van der Waals surface area contributed by atoms with E-state index < -0.39 is 5.95 Å².